The van der Waals surface area contributed by atoms with Gasteiger partial charge < -0.3 is 18.9 Å². The van der Waals surface area contributed by atoms with Crippen LogP contribution in [0.15, 0.2) is 287 Å². The van der Waals surface area contributed by atoms with Crippen molar-refractivity contribution >= 4 is 46.7 Å². The largest absolute Gasteiger partial charge is 0.491 e. The molecule has 0 saturated carbocycles. The molecular formula is C118H140N8O4+4. The number of aliphatic imine (C=N–C) groups is 4. The van der Waals surface area contributed by atoms with Crippen LogP contribution < -0.4 is 18.9 Å². The number of aryl methyl sites for hydroxylation is 4. The molecule has 12 heteroatoms. The van der Waals surface area contributed by atoms with Gasteiger partial charge in [0.25, 0.3) is 46.7 Å². The second-order valence-electron chi connectivity index (χ2n) is 35.9. The Balaban J connectivity index is 0.0000130. The molecule has 1 atom stereocenters. The molecule has 0 aromatic heterocycles. The highest BCUT2D eigenvalue weighted by molar-refractivity contribution is 6.30. The number of amidine groups is 8. The number of hydrogen-bond donors (Lipinski definition) is 0. The molecule has 8 heterocycles. The fourth-order valence-corrected chi connectivity index (χ4v) is 19.0. The number of allylic oxidation sites excluding steroid dienone is 16. The molecule has 1 unspecified atom stereocenters. The summed E-state index contributed by atoms with van der Waals surface area (Å²) < 4.78 is 37.6. The predicted octanol–water partition coefficient (Wildman–Crippen LogP) is 31.1. The van der Waals surface area contributed by atoms with Gasteiger partial charge in [-0.05, 0) is 298 Å². The third-order valence-corrected chi connectivity index (χ3v) is 25.8. The van der Waals surface area contributed by atoms with Crippen molar-refractivity contribution in [1.82, 2.24) is 0 Å². The maximum Gasteiger partial charge on any atom is 0.491 e. The van der Waals surface area contributed by atoms with E-state index in [0.717, 1.165) is 254 Å². The van der Waals surface area contributed by atoms with E-state index in [4.69, 9.17) is 38.9 Å². The molecule has 0 saturated heterocycles. The van der Waals surface area contributed by atoms with Crippen LogP contribution in [0.25, 0.3) is 0 Å². The Hall–Kier alpha value is -11.8. The van der Waals surface area contributed by atoms with Crippen LogP contribution in [0.3, 0.4) is 0 Å². The standard InChI is InChI=1S/C117H136N8O4.CH4/c1-5-9-13-17-21-25-29-33-37-41-45-49-53-61-89-65-57-69-93(81-89)126-97-73-77-101-105(85-97)113-119-111-103-79-75-99(128-95-71-59-67-91(83-95)63-55-51-47-43-39-35-31-27-23-19-15-11-7-3)87-107(103)115-121-116-108-88-100(129-96-72-60-68-92(84-96)64-56-52-48-44-40-36-32-28-24-20-16-12-8-4)76-80-104(108)112-120-114-106-86-98(74-78-102(106)110-118-109(101)122(113)117(123(110)114,124(111)115)125(112)116)127-94-70-58-66-90(82-94)62-54-50-46-42-38-34-30-26-22-18-14-10-6-2;/h13-20,25-32,57-60,65-88H,5-12,21-24,33-56,61-64H2,1-4H3;1H4/q+4;/b17-13+,18-14+,19-15+,20-16+,29-25+,30-26+,31-27+,32-28+;. The van der Waals surface area contributed by atoms with E-state index in [-0.39, 0.29) is 7.43 Å². The molecule has 0 radical (unpaired) electrons. The molecule has 8 aliphatic rings. The summed E-state index contributed by atoms with van der Waals surface area (Å²) in [6, 6.07) is 60.6. The molecule has 0 aliphatic carbocycles. The summed E-state index contributed by atoms with van der Waals surface area (Å²) in [4.78, 5) is 23.8. The summed E-state index contributed by atoms with van der Waals surface area (Å²) in [5.41, 5.74) is 12.5. The monoisotopic (exact) mass is 1730 g/mol. The Bertz CT molecular complexity index is 5800. The van der Waals surface area contributed by atoms with Crippen molar-refractivity contribution in [3.63, 3.8) is 0 Å². The van der Waals surface area contributed by atoms with Crippen molar-refractivity contribution in [3.05, 3.63) is 334 Å². The van der Waals surface area contributed by atoms with Crippen LogP contribution in [0.1, 0.15) is 333 Å². The third-order valence-electron chi connectivity index (χ3n) is 25.8. The molecule has 8 aliphatic heterocycles. The molecule has 12 nitrogen and oxygen atoms in total. The topological polar surface area (TPSA) is 98.4 Å². The van der Waals surface area contributed by atoms with Crippen molar-refractivity contribution in [2.24, 2.45) is 20.0 Å². The molecule has 0 N–H and O–H groups in total. The minimum Gasteiger partial charge on any atom is -0.457 e. The van der Waals surface area contributed by atoms with E-state index in [1.54, 1.807) is 0 Å². The van der Waals surface area contributed by atoms with Crippen molar-refractivity contribution in [3.8, 4) is 46.0 Å². The first kappa shape index (κ1) is 92.9. The highest BCUT2D eigenvalue weighted by Crippen LogP contribution is 2.49. The van der Waals surface area contributed by atoms with Crippen molar-refractivity contribution in [2.45, 2.75) is 298 Å². The average molecular weight is 1730 g/mol. The van der Waals surface area contributed by atoms with Gasteiger partial charge in [0.05, 0.1) is 44.5 Å². The van der Waals surface area contributed by atoms with Crippen LogP contribution in [0.5, 0.6) is 46.0 Å². The van der Waals surface area contributed by atoms with Gasteiger partial charge in [0.1, 0.15) is 46.0 Å². The van der Waals surface area contributed by atoms with Crippen molar-refractivity contribution in [1.29, 1.82) is 0 Å². The van der Waals surface area contributed by atoms with Gasteiger partial charge in [-0.2, -0.15) is 0 Å². The zero-order valence-electron chi connectivity index (χ0n) is 77.4. The van der Waals surface area contributed by atoms with Gasteiger partial charge in [0.15, 0.2) is 0 Å². The van der Waals surface area contributed by atoms with E-state index < -0.39 is 5.91 Å². The van der Waals surface area contributed by atoms with Crippen LogP contribution in [-0.4, -0.2) is 70.9 Å². The second-order valence-corrected chi connectivity index (χ2v) is 35.9. The molecule has 8 aromatic carbocycles. The minimum atomic E-state index is -1.32. The number of hydrogen-bond acceptors (Lipinski definition) is 8. The number of rotatable bonds is 56. The summed E-state index contributed by atoms with van der Waals surface area (Å²) >= 11 is 0. The third kappa shape index (κ3) is 22.8. The molecule has 0 bridgehead atoms. The zero-order valence-corrected chi connectivity index (χ0v) is 77.4. The van der Waals surface area contributed by atoms with Crippen LogP contribution in [0, 0.1) is 0 Å². The summed E-state index contributed by atoms with van der Waals surface area (Å²) in [6.07, 6.45) is 83.6. The van der Waals surface area contributed by atoms with E-state index in [0.29, 0.717) is 11.5 Å². The minimum absolute atomic E-state index is 0. The number of nitrogens with zero attached hydrogens (tertiary/aromatic N) is 8. The van der Waals surface area contributed by atoms with Gasteiger partial charge >= 0.3 is 5.91 Å². The first-order valence-electron chi connectivity index (χ1n) is 49.8. The van der Waals surface area contributed by atoms with Crippen LogP contribution in [-0.2, 0) is 25.7 Å². The Morgan fingerprint density at radius 3 is 0.723 bits per heavy atom. The van der Waals surface area contributed by atoms with Gasteiger partial charge in [-0.25, -0.2) is 0 Å². The Morgan fingerprint density at radius 1 is 0.223 bits per heavy atom. The van der Waals surface area contributed by atoms with E-state index >= 15 is 0 Å². The Labute approximate surface area is 776 Å². The van der Waals surface area contributed by atoms with Crippen molar-refractivity contribution in [2.75, 3.05) is 0 Å². The maximum absolute atomic E-state index is 7.05. The fourth-order valence-electron chi connectivity index (χ4n) is 19.0. The lowest BCUT2D eigenvalue weighted by molar-refractivity contribution is -1.06. The number of fused-ring (bicyclic) bond motifs is 12. The molecular weight excluding hydrogens is 1590 g/mol. The summed E-state index contributed by atoms with van der Waals surface area (Å²) in [5, 5.41) is 0. The Morgan fingerprint density at radius 2 is 0.446 bits per heavy atom. The molecule has 16 rings (SSSR count). The Kier molecular flexibility index (Phi) is 34.1. The lowest BCUT2D eigenvalue weighted by atomic mass is 10.0. The molecule has 1 spiro atoms. The zero-order chi connectivity index (χ0) is 88.0. The summed E-state index contributed by atoms with van der Waals surface area (Å²) in [7, 11) is 0. The smallest absolute Gasteiger partial charge is 0.457 e. The summed E-state index contributed by atoms with van der Waals surface area (Å²) in [6.45, 7) is 8.93. The number of benzene rings is 8. The van der Waals surface area contributed by atoms with Gasteiger partial charge in [-0.3, -0.25) is 0 Å². The maximum atomic E-state index is 7.05. The second kappa shape index (κ2) is 47.7. The molecule has 0 fully saturated rings. The fraction of sp³-hybridized carbons (Fsp3) is 0.390. The van der Waals surface area contributed by atoms with E-state index in [9.17, 15) is 0 Å². The molecule has 130 heavy (non-hydrogen) atoms. The molecule has 0 amide bonds. The van der Waals surface area contributed by atoms with Gasteiger partial charge in [-0.15, -0.1) is 18.3 Å². The molecule has 672 valence electrons. The van der Waals surface area contributed by atoms with E-state index in [1.807, 2.05) is 0 Å². The average Bonchev–Trinajstić information content (AvgIpc) is 1.46. The van der Waals surface area contributed by atoms with Crippen LogP contribution in [0.2, 0.25) is 0 Å². The van der Waals surface area contributed by atoms with Crippen molar-refractivity contribution < 1.29 is 37.2 Å². The van der Waals surface area contributed by atoms with Gasteiger partial charge in [-0.1, -0.05) is 304 Å². The first-order chi connectivity index (χ1) is 63.9. The van der Waals surface area contributed by atoms with E-state index in [1.165, 1.54) is 151 Å². The lowest BCUT2D eigenvalue weighted by Gasteiger charge is -2.38. The molecule has 8 aromatic rings. The highest BCUT2D eigenvalue weighted by atomic mass is 16.5. The lowest BCUT2D eigenvalue weighted by Crippen LogP contribution is -2.76. The number of ether oxygens (including phenoxy) is 4. The first-order valence-corrected chi connectivity index (χ1v) is 49.8. The quantitative estimate of drug-likeness (QED) is 0.0215. The van der Waals surface area contributed by atoms with Crippen LogP contribution >= 0.6 is 0 Å². The summed E-state index contributed by atoms with van der Waals surface area (Å²) in [5.74, 6) is 10.8. The number of unbranched alkanes of at least 4 members (excludes halogenated alkanes) is 24. The normalized spacial score (nSPS) is 15.8. The predicted molar refractivity (Wildman–Crippen MR) is 542 cm³/mol. The van der Waals surface area contributed by atoms with Gasteiger partial charge in [0.2, 0.25) is 0 Å². The highest BCUT2D eigenvalue weighted by Gasteiger charge is 2.78. The van der Waals surface area contributed by atoms with Crippen LogP contribution in [0.4, 0.5) is 0 Å². The van der Waals surface area contributed by atoms with E-state index in [2.05, 4.69) is 313 Å². The SMILES string of the molecule is C.CCC/C=C/C/C=C/CCCCCCCc1cccc(Oc2ccc3c(c2)C2=NC4=[N+]5C(=NC6=[N+]7C(=NC8=[N+]9C(=NC3=[N+]2C957)c2cc(Oc3cccc(CCCCCCC/C=C/C/C=C/CCC)c3)ccc28)c2ccc(Oc3cccc(CCCCCCC/C=C/C/C=C/CCC)c3)cc26)c2ccc(Oc3cccc(CCCCCCC/C=C/C/C=C/CCC)c3)cc24)c1. The van der Waals surface area contributed by atoms with Gasteiger partial charge in [0, 0.05) is 0 Å².